The summed E-state index contributed by atoms with van der Waals surface area (Å²) in [7, 11) is 3.74. The second kappa shape index (κ2) is 8.61. The lowest BCUT2D eigenvalue weighted by molar-refractivity contribution is -0.122. The van der Waals surface area contributed by atoms with Crippen LogP contribution in [-0.4, -0.2) is 32.5 Å². The number of rotatable bonds is 6. The molecular weight excluding hydrogens is 404 g/mol. The van der Waals surface area contributed by atoms with Gasteiger partial charge in [-0.2, -0.15) is 4.98 Å². The summed E-state index contributed by atoms with van der Waals surface area (Å²) >= 11 is 0. The number of benzene rings is 1. The fraction of sp³-hybridized carbons (Fsp3) is 0.417. The van der Waals surface area contributed by atoms with Crippen molar-refractivity contribution in [3.63, 3.8) is 0 Å². The topological polar surface area (TPSA) is 97.9 Å². The summed E-state index contributed by atoms with van der Waals surface area (Å²) in [5.41, 5.74) is 4.64. The summed E-state index contributed by atoms with van der Waals surface area (Å²) in [4.78, 5) is 26.1. The van der Waals surface area contributed by atoms with Gasteiger partial charge in [0.2, 0.25) is 11.8 Å². The first-order valence-electron chi connectivity index (χ1n) is 11.3. The molecule has 0 atom stereocenters. The van der Waals surface area contributed by atoms with Crippen molar-refractivity contribution in [2.75, 3.05) is 12.4 Å². The first kappa shape index (κ1) is 20.5. The average molecular weight is 433 g/mol. The first-order valence-corrected chi connectivity index (χ1v) is 11.3. The molecule has 1 amide bonds. The quantitative estimate of drug-likeness (QED) is 0.468. The zero-order valence-corrected chi connectivity index (χ0v) is 18.5. The standard InChI is InChI=1S/C24H28N6O2/c1-25-22-19-21(30(2)14-27-19)20-24(29-22)32-23(28-20)17-10-6-9-16(11-17)13-26-18(31)12-15-7-4-3-5-8-15/h6,9-11,14-15H,3-5,7-8,12-13H2,1-2H3,(H,25,29)(H,26,31). The van der Waals surface area contributed by atoms with Gasteiger partial charge in [0, 0.05) is 32.6 Å². The van der Waals surface area contributed by atoms with Gasteiger partial charge in [0.25, 0.3) is 5.71 Å². The minimum atomic E-state index is 0.131. The van der Waals surface area contributed by atoms with Crippen LogP contribution in [0.2, 0.25) is 0 Å². The number of hydrogen-bond donors (Lipinski definition) is 2. The molecular formula is C24H28N6O2. The van der Waals surface area contributed by atoms with E-state index in [9.17, 15) is 4.79 Å². The Morgan fingerprint density at radius 2 is 2.03 bits per heavy atom. The highest BCUT2D eigenvalue weighted by Crippen LogP contribution is 2.31. The Hall–Kier alpha value is -3.42. The summed E-state index contributed by atoms with van der Waals surface area (Å²) in [5, 5.41) is 6.15. The molecule has 0 unspecified atom stereocenters. The molecule has 1 aromatic carbocycles. The van der Waals surface area contributed by atoms with Gasteiger partial charge in [-0.1, -0.05) is 31.4 Å². The van der Waals surface area contributed by atoms with Crippen LogP contribution in [0.1, 0.15) is 44.1 Å². The van der Waals surface area contributed by atoms with Gasteiger partial charge >= 0.3 is 0 Å². The van der Waals surface area contributed by atoms with Crippen LogP contribution in [0, 0.1) is 5.92 Å². The molecule has 1 fully saturated rings. The van der Waals surface area contributed by atoms with Gasteiger partial charge in [0.15, 0.2) is 11.3 Å². The lowest BCUT2D eigenvalue weighted by atomic mass is 9.87. The minimum Gasteiger partial charge on any atom is -0.418 e. The van der Waals surface area contributed by atoms with Gasteiger partial charge in [-0.15, -0.1) is 0 Å². The highest BCUT2D eigenvalue weighted by Gasteiger charge is 2.19. The molecule has 8 nitrogen and oxygen atoms in total. The van der Waals surface area contributed by atoms with Gasteiger partial charge in [0.05, 0.1) is 6.33 Å². The molecule has 3 aromatic heterocycles. The number of aryl methyl sites for hydroxylation is 1. The van der Waals surface area contributed by atoms with E-state index >= 15 is 0 Å². The zero-order valence-electron chi connectivity index (χ0n) is 18.5. The van der Waals surface area contributed by atoms with Crippen molar-refractivity contribution >= 4 is 34.0 Å². The summed E-state index contributed by atoms with van der Waals surface area (Å²) in [5.74, 6) is 1.82. The second-order valence-electron chi connectivity index (χ2n) is 8.62. The Kier molecular flexibility index (Phi) is 5.51. The predicted octanol–water partition coefficient (Wildman–Crippen LogP) is 4.40. The number of imidazole rings is 1. The van der Waals surface area contributed by atoms with Gasteiger partial charge < -0.3 is 19.6 Å². The van der Waals surface area contributed by atoms with Gasteiger partial charge in [-0.05, 0) is 36.5 Å². The Morgan fingerprint density at radius 1 is 1.19 bits per heavy atom. The van der Waals surface area contributed by atoms with Crippen LogP contribution in [-0.2, 0) is 18.4 Å². The van der Waals surface area contributed by atoms with Crippen LogP contribution < -0.4 is 10.6 Å². The maximum atomic E-state index is 12.4. The van der Waals surface area contributed by atoms with Crippen LogP contribution in [0.5, 0.6) is 0 Å². The molecule has 0 radical (unpaired) electrons. The Bertz CT molecular complexity index is 1270. The maximum Gasteiger partial charge on any atom is 0.251 e. The number of amides is 1. The van der Waals surface area contributed by atoms with E-state index in [0.717, 1.165) is 22.2 Å². The molecule has 0 saturated heterocycles. The molecule has 0 aliphatic heterocycles. The van der Waals surface area contributed by atoms with Crippen molar-refractivity contribution in [3.05, 3.63) is 36.2 Å². The average Bonchev–Trinajstić information content (AvgIpc) is 3.41. The largest absolute Gasteiger partial charge is 0.418 e. The molecule has 0 spiro atoms. The molecule has 1 saturated carbocycles. The van der Waals surface area contributed by atoms with Crippen molar-refractivity contribution in [2.45, 2.75) is 45.1 Å². The number of fused-ring (bicyclic) bond motifs is 3. The number of carbonyl (C=O) groups excluding carboxylic acids is 1. The van der Waals surface area contributed by atoms with E-state index in [1.54, 1.807) is 6.33 Å². The maximum absolute atomic E-state index is 12.4. The van der Waals surface area contributed by atoms with Crippen LogP contribution in [0.25, 0.3) is 33.7 Å². The number of nitrogens with zero attached hydrogens (tertiary/aromatic N) is 4. The summed E-state index contributed by atoms with van der Waals surface area (Å²) in [6.07, 6.45) is 8.53. The SMILES string of the molecule is CNc1nc2oc(-c3cccc(CNC(=O)CC4CCCCC4)c3)nc2c2c1ncn2C. The fourth-order valence-electron chi connectivity index (χ4n) is 4.62. The molecule has 3 heterocycles. The van der Waals surface area contributed by atoms with E-state index in [-0.39, 0.29) is 5.91 Å². The number of carbonyl (C=O) groups is 1. The van der Waals surface area contributed by atoms with Crippen molar-refractivity contribution in [3.8, 4) is 11.5 Å². The van der Waals surface area contributed by atoms with Crippen LogP contribution >= 0.6 is 0 Å². The molecule has 5 rings (SSSR count). The summed E-state index contributed by atoms with van der Waals surface area (Å²) in [6, 6.07) is 7.92. The smallest absolute Gasteiger partial charge is 0.251 e. The Morgan fingerprint density at radius 3 is 2.84 bits per heavy atom. The van der Waals surface area contributed by atoms with Gasteiger partial charge in [-0.25, -0.2) is 9.97 Å². The summed E-state index contributed by atoms with van der Waals surface area (Å²) in [6.45, 7) is 0.494. The van der Waals surface area contributed by atoms with Crippen LogP contribution in [0.4, 0.5) is 5.82 Å². The van der Waals surface area contributed by atoms with Crippen molar-refractivity contribution in [2.24, 2.45) is 13.0 Å². The third kappa shape index (κ3) is 3.92. The molecule has 4 aromatic rings. The highest BCUT2D eigenvalue weighted by molar-refractivity contribution is 6.03. The minimum absolute atomic E-state index is 0.131. The number of aromatic nitrogens is 4. The highest BCUT2D eigenvalue weighted by atomic mass is 16.4. The number of oxazole rings is 1. The number of hydrogen-bond acceptors (Lipinski definition) is 6. The monoisotopic (exact) mass is 432 g/mol. The van der Waals surface area contributed by atoms with Crippen LogP contribution in [0.3, 0.4) is 0 Å². The van der Waals surface area contributed by atoms with E-state index in [1.807, 2.05) is 42.9 Å². The number of nitrogens with one attached hydrogen (secondary N) is 2. The third-order valence-electron chi connectivity index (χ3n) is 6.31. The zero-order chi connectivity index (χ0) is 22.1. The van der Waals surface area contributed by atoms with E-state index in [0.29, 0.717) is 41.8 Å². The van der Waals surface area contributed by atoms with E-state index in [2.05, 4.69) is 20.6 Å². The van der Waals surface area contributed by atoms with Crippen LogP contribution in [0.15, 0.2) is 35.0 Å². The number of anilines is 1. The molecule has 1 aliphatic rings. The third-order valence-corrected chi connectivity index (χ3v) is 6.31. The molecule has 1 aliphatic carbocycles. The van der Waals surface area contributed by atoms with Gasteiger partial charge in [0.1, 0.15) is 11.0 Å². The first-order chi connectivity index (χ1) is 15.6. The van der Waals surface area contributed by atoms with Crippen molar-refractivity contribution in [1.82, 2.24) is 24.8 Å². The Balaban J connectivity index is 1.36. The van der Waals surface area contributed by atoms with E-state index in [4.69, 9.17) is 9.40 Å². The predicted molar refractivity (Wildman–Crippen MR) is 124 cm³/mol. The normalized spacial score (nSPS) is 14.8. The Labute approximate surface area is 186 Å². The second-order valence-corrected chi connectivity index (χ2v) is 8.62. The van der Waals surface area contributed by atoms with Crippen molar-refractivity contribution in [1.29, 1.82) is 0 Å². The van der Waals surface area contributed by atoms with E-state index < -0.39 is 0 Å². The molecule has 8 heteroatoms. The summed E-state index contributed by atoms with van der Waals surface area (Å²) < 4.78 is 7.94. The number of pyridine rings is 1. The lowest BCUT2D eigenvalue weighted by Gasteiger charge is -2.20. The molecule has 32 heavy (non-hydrogen) atoms. The van der Waals surface area contributed by atoms with E-state index in [1.165, 1.54) is 32.1 Å². The lowest BCUT2D eigenvalue weighted by Crippen LogP contribution is -2.25. The molecule has 166 valence electrons. The molecule has 0 bridgehead atoms. The van der Waals surface area contributed by atoms with Gasteiger partial charge in [-0.3, -0.25) is 4.79 Å². The molecule has 2 N–H and O–H groups in total. The van der Waals surface area contributed by atoms with Crippen molar-refractivity contribution < 1.29 is 9.21 Å². The fourth-order valence-corrected chi connectivity index (χ4v) is 4.62.